The number of rotatable bonds is 5. The topological polar surface area (TPSA) is 44.1 Å². The lowest BCUT2D eigenvalue weighted by atomic mass is 10.2. The molecule has 0 bridgehead atoms. The second kappa shape index (κ2) is 5.82. The van der Waals surface area contributed by atoms with E-state index in [4.69, 9.17) is 4.74 Å². The molecular formula is C14H17FN2O2. The predicted octanol–water partition coefficient (Wildman–Crippen LogP) is 2.73. The molecule has 0 aliphatic rings. The van der Waals surface area contributed by atoms with Crippen LogP contribution in [0.5, 0.6) is 6.01 Å². The Labute approximate surface area is 110 Å². The van der Waals surface area contributed by atoms with Crippen molar-refractivity contribution in [1.82, 2.24) is 9.55 Å². The van der Waals surface area contributed by atoms with E-state index in [0.29, 0.717) is 24.7 Å². The van der Waals surface area contributed by atoms with Crippen molar-refractivity contribution in [2.75, 3.05) is 6.61 Å². The van der Waals surface area contributed by atoms with Crippen LogP contribution in [0.1, 0.15) is 26.7 Å². The molecule has 0 N–H and O–H groups in total. The second-order valence-electron chi connectivity index (χ2n) is 4.36. The van der Waals surface area contributed by atoms with Crippen molar-refractivity contribution in [2.24, 2.45) is 0 Å². The smallest absolute Gasteiger partial charge is 0.299 e. The Morgan fingerprint density at radius 1 is 1.32 bits per heavy atom. The van der Waals surface area contributed by atoms with Gasteiger partial charge in [-0.15, -0.1) is 0 Å². The van der Waals surface area contributed by atoms with Crippen molar-refractivity contribution in [1.29, 1.82) is 0 Å². The van der Waals surface area contributed by atoms with Gasteiger partial charge in [0.2, 0.25) is 0 Å². The van der Waals surface area contributed by atoms with Gasteiger partial charge in [0.15, 0.2) is 0 Å². The van der Waals surface area contributed by atoms with E-state index in [1.54, 1.807) is 0 Å². The van der Waals surface area contributed by atoms with Crippen LogP contribution in [0.3, 0.4) is 0 Å². The van der Waals surface area contributed by atoms with Gasteiger partial charge in [0.1, 0.15) is 5.82 Å². The molecule has 0 saturated carbocycles. The fourth-order valence-corrected chi connectivity index (χ4v) is 1.90. The van der Waals surface area contributed by atoms with Crippen LogP contribution in [0.25, 0.3) is 10.9 Å². The van der Waals surface area contributed by atoms with Crippen molar-refractivity contribution in [3.05, 3.63) is 34.4 Å². The quantitative estimate of drug-likeness (QED) is 0.834. The van der Waals surface area contributed by atoms with Gasteiger partial charge in [-0.3, -0.25) is 9.36 Å². The molecule has 0 fully saturated rings. The summed E-state index contributed by atoms with van der Waals surface area (Å²) in [6.45, 7) is 4.96. The molecule has 0 saturated heterocycles. The van der Waals surface area contributed by atoms with Crippen LogP contribution in [-0.2, 0) is 6.54 Å². The van der Waals surface area contributed by atoms with Crippen LogP contribution in [0, 0.1) is 5.82 Å². The molecule has 102 valence electrons. The molecule has 2 aromatic rings. The summed E-state index contributed by atoms with van der Waals surface area (Å²) in [5, 5.41) is 0.289. The lowest BCUT2D eigenvalue weighted by Gasteiger charge is -2.12. The maximum Gasteiger partial charge on any atom is 0.299 e. The third-order valence-corrected chi connectivity index (χ3v) is 2.76. The third-order valence-electron chi connectivity index (χ3n) is 2.76. The van der Waals surface area contributed by atoms with Gasteiger partial charge in [-0.1, -0.05) is 13.8 Å². The Balaban J connectivity index is 2.63. The summed E-state index contributed by atoms with van der Waals surface area (Å²) in [7, 11) is 0. The Bertz CT molecular complexity index is 637. The SMILES string of the molecule is CCCOc1nc2ccc(F)cc2c(=O)n1CCC. The average molecular weight is 264 g/mol. The first-order valence-corrected chi connectivity index (χ1v) is 6.50. The number of nitrogens with zero attached hydrogens (tertiary/aromatic N) is 2. The Hall–Kier alpha value is -1.91. The average Bonchev–Trinajstić information content (AvgIpc) is 2.41. The molecule has 1 aromatic carbocycles. The molecule has 1 heterocycles. The molecule has 0 spiro atoms. The number of benzene rings is 1. The summed E-state index contributed by atoms with van der Waals surface area (Å²) in [6, 6.07) is 4.33. The van der Waals surface area contributed by atoms with E-state index in [9.17, 15) is 9.18 Å². The number of hydrogen-bond donors (Lipinski definition) is 0. The first-order chi connectivity index (χ1) is 9.17. The molecule has 0 amide bonds. The maximum atomic E-state index is 13.2. The highest BCUT2D eigenvalue weighted by molar-refractivity contribution is 5.77. The van der Waals surface area contributed by atoms with E-state index in [0.717, 1.165) is 12.8 Å². The zero-order valence-corrected chi connectivity index (χ0v) is 11.1. The van der Waals surface area contributed by atoms with Crippen molar-refractivity contribution >= 4 is 10.9 Å². The number of hydrogen-bond acceptors (Lipinski definition) is 3. The van der Waals surface area contributed by atoms with Crippen molar-refractivity contribution in [3.63, 3.8) is 0 Å². The Morgan fingerprint density at radius 2 is 2.11 bits per heavy atom. The van der Waals surface area contributed by atoms with Crippen LogP contribution < -0.4 is 10.3 Å². The van der Waals surface area contributed by atoms with E-state index >= 15 is 0 Å². The third kappa shape index (κ3) is 2.75. The zero-order chi connectivity index (χ0) is 13.8. The summed E-state index contributed by atoms with van der Waals surface area (Å²) >= 11 is 0. The zero-order valence-electron chi connectivity index (χ0n) is 11.1. The molecule has 2 rings (SSSR count). The summed E-state index contributed by atoms with van der Waals surface area (Å²) in [4.78, 5) is 16.6. The van der Waals surface area contributed by atoms with Gasteiger partial charge in [-0.05, 0) is 31.0 Å². The first-order valence-electron chi connectivity index (χ1n) is 6.50. The molecular weight excluding hydrogens is 247 g/mol. The van der Waals surface area contributed by atoms with E-state index < -0.39 is 5.82 Å². The second-order valence-corrected chi connectivity index (χ2v) is 4.36. The molecule has 0 unspecified atom stereocenters. The van der Waals surface area contributed by atoms with Crippen LogP contribution >= 0.6 is 0 Å². The first kappa shape index (κ1) is 13.5. The minimum absolute atomic E-state index is 0.252. The maximum absolute atomic E-state index is 13.2. The minimum Gasteiger partial charge on any atom is -0.465 e. The number of aromatic nitrogens is 2. The number of ether oxygens (including phenoxy) is 1. The molecule has 4 nitrogen and oxygen atoms in total. The number of halogens is 1. The Kier molecular flexibility index (Phi) is 4.14. The molecule has 0 atom stereocenters. The van der Waals surface area contributed by atoms with Crippen LogP contribution in [0.2, 0.25) is 0 Å². The summed E-state index contributed by atoms with van der Waals surface area (Å²) < 4.78 is 20.2. The summed E-state index contributed by atoms with van der Waals surface area (Å²) in [5.41, 5.74) is 0.210. The fourth-order valence-electron chi connectivity index (χ4n) is 1.90. The van der Waals surface area contributed by atoms with Gasteiger partial charge in [-0.2, -0.15) is 4.98 Å². The normalized spacial score (nSPS) is 10.9. The summed E-state index contributed by atoms with van der Waals surface area (Å²) in [6.07, 6.45) is 1.62. The highest BCUT2D eigenvalue weighted by Crippen LogP contribution is 2.15. The minimum atomic E-state index is -0.434. The van der Waals surface area contributed by atoms with Gasteiger partial charge >= 0.3 is 0 Å². The predicted molar refractivity (Wildman–Crippen MR) is 72.0 cm³/mol. The molecule has 19 heavy (non-hydrogen) atoms. The van der Waals surface area contributed by atoms with Gasteiger partial charge in [0.25, 0.3) is 11.6 Å². The molecule has 0 aliphatic heterocycles. The van der Waals surface area contributed by atoms with Crippen LogP contribution in [0.4, 0.5) is 4.39 Å². The highest BCUT2D eigenvalue weighted by atomic mass is 19.1. The molecule has 5 heteroatoms. The summed E-state index contributed by atoms with van der Waals surface area (Å²) in [5.74, 6) is -0.434. The largest absolute Gasteiger partial charge is 0.465 e. The monoisotopic (exact) mass is 264 g/mol. The van der Waals surface area contributed by atoms with E-state index in [1.807, 2.05) is 13.8 Å². The Morgan fingerprint density at radius 3 is 2.79 bits per heavy atom. The lowest BCUT2D eigenvalue weighted by Crippen LogP contribution is -2.24. The van der Waals surface area contributed by atoms with Crippen molar-refractivity contribution in [2.45, 2.75) is 33.2 Å². The van der Waals surface area contributed by atoms with E-state index in [-0.39, 0.29) is 10.9 Å². The van der Waals surface area contributed by atoms with Crippen LogP contribution in [-0.4, -0.2) is 16.2 Å². The van der Waals surface area contributed by atoms with Crippen LogP contribution in [0.15, 0.2) is 23.0 Å². The fraction of sp³-hybridized carbons (Fsp3) is 0.429. The number of fused-ring (bicyclic) bond motifs is 1. The molecule has 1 aromatic heterocycles. The van der Waals surface area contributed by atoms with E-state index in [2.05, 4.69) is 4.98 Å². The van der Waals surface area contributed by atoms with Crippen molar-refractivity contribution < 1.29 is 9.13 Å². The van der Waals surface area contributed by atoms with E-state index in [1.165, 1.54) is 22.8 Å². The van der Waals surface area contributed by atoms with Gasteiger partial charge < -0.3 is 4.74 Å². The molecule has 0 aliphatic carbocycles. The van der Waals surface area contributed by atoms with Crippen molar-refractivity contribution in [3.8, 4) is 6.01 Å². The van der Waals surface area contributed by atoms with Gasteiger partial charge in [0.05, 0.1) is 17.5 Å². The van der Waals surface area contributed by atoms with Gasteiger partial charge in [-0.25, -0.2) is 4.39 Å². The standard InChI is InChI=1S/C14H17FN2O2/c1-3-7-17-13(18)11-9-10(15)5-6-12(11)16-14(17)19-8-4-2/h5-6,9H,3-4,7-8H2,1-2H3. The highest BCUT2D eigenvalue weighted by Gasteiger charge is 2.12. The van der Waals surface area contributed by atoms with Gasteiger partial charge in [0, 0.05) is 6.54 Å². The molecule has 0 radical (unpaired) electrons. The lowest BCUT2D eigenvalue weighted by molar-refractivity contribution is 0.272.